The van der Waals surface area contributed by atoms with Gasteiger partial charge in [-0.25, -0.2) is 4.98 Å². The predicted octanol–water partition coefficient (Wildman–Crippen LogP) is 2.94. The standard InChI is InChI=1S/C25H35N5O3/c1-25(24(33)28-18-9-5-6-10-18)15-29-16-27-20(21(29)23(32)30(25)19-11-12-19)22(31)26-14-13-17-7-3-2-4-8-17/h7,16,18-19H,2-6,8-15H2,1H3,(H,26,31)(H,28,33). The minimum absolute atomic E-state index is 0.0506. The van der Waals surface area contributed by atoms with Gasteiger partial charge in [-0.2, -0.15) is 0 Å². The molecular weight excluding hydrogens is 418 g/mol. The predicted molar refractivity (Wildman–Crippen MR) is 124 cm³/mol. The molecule has 2 heterocycles. The lowest BCUT2D eigenvalue weighted by Gasteiger charge is -2.44. The van der Waals surface area contributed by atoms with Crippen LogP contribution >= 0.6 is 0 Å². The van der Waals surface area contributed by atoms with Gasteiger partial charge in [-0.3, -0.25) is 14.4 Å². The van der Waals surface area contributed by atoms with Gasteiger partial charge in [-0.15, -0.1) is 0 Å². The zero-order valence-electron chi connectivity index (χ0n) is 19.6. The average Bonchev–Trinajstić information content (AvgIpc) is 3.31. The van der Waals surface area contributed by atoms with Crippen molar-refractivity contribution in [3.63, 3.8) is 0 Å². The summed E-state index contributed by atoms with van der Waals surface area (Å²) in [5, 5.41) is 6.14. The first-order valence-corrected chi connectivity index (χ1v) is 12.6. The highest BCUT2D eigenvalue weighted by molar-refractivity contribution is 6.07. The molecule has 0 spiro atoms. The SMILES string of the molecule is CC1(C(=O)NC2CCCC2)Cn2cnc(C(=O)NCCC3=CCCCC3)c2C(=O)N1C1CC1. The van der Waals surface area contributed by atoms with Crippen molar-refractivity contribution in [1.29, 1.82) is 0 Å². The normalized spacial score (nSPS) is 25.5. The summed E-state index contributed by atoms with van der Waals surface area (Å²) < 4.78 is 1.70. The molecule has 0 radical (unpaired) electrons. The second-order valence-electron chi connectivity index (χ2n) is 10.3. The van der Waals surface area contributed by atoms with Crippen LogP contribution in [0.25, 0.3) is 0 Å². The van der Waals surface area contributed by atoms with Crippen molar-refractivity contribution in [2.24, 2.45) is 0 Å². The molecule has 5 rings (SSSR count). The minimum Gasteiger partial charge on any atom is -0.351 e. The fourth-order valence-corrected chi connectivity index (χ4v) is 5.68. The van der Waals surface area contributed by atoms with Gasteiger partial charge in [0.1, 0.15) is 11.2 Å². The number of amides is 3. The number of hydrogen-bond donors (Lipinski definition) is 2. The summed E-state index contributed by atoms with van der Waals surface area (Å²) in [4.78, 5) is 46.0. The highest BCUT2D eigenvalue weighted by Crippen LogP contribution is 2.39. The molecule has 3 aliphatic carbocycles. The number of aromatic nitrogens is 2. The summed E-state index contributed by atoms with van der Waals surface area (Å²) in [6, 6.07) is 0.241. The van der Waals surface area contributed by atoms with Crippen molar-refractivity contribution in [3.8, 4) is 0 Å². The number of imidazole rings is 1. The fraction of sp³-hybridized carbons (Fsp3) is 0.680. The lowest BCUT2D eigenvalue weighted by molar-refractivity contribution is -0.134. The number of carbonyl (C=O) groups is 3. The van der Waals surface area contributed by atoms with Crippen molar-refractivity contribution in [2.45, 2.75) is 102 Å². The van der Waals surface area contributed by atoms with Crippen LogP contribution in [0.1, 0.15) is 98.5 Å². The Balaban J connectivity index is 1.32. The van der Waals surface area contributed by atoms with Crippen LogP contribution in [0.2, 0.25) is 0 Å². The second-order valence-corrected chi connectivity index (χ2v) is 10.3. The zero-order valence-corrected chi connectivity index (χ0v) is 19.6. The van der Waals surface area contributed by atoms with Crippen LogP contribution < -0.4 is 10.6 Å². The van der Waals surface area contributed by atoms with Crippen molar-refractivity contribution < 1.29 is 14.4 Å². The van der Waals surface area contributed by atoms with E-state index in [2.05, 4.69) is 21.7 Å². The summed E-state index contributed by atoms with van der Waals surface area (Å²) in [6.07, 6.45) is 15.4. The second kappa shape index (κ2) is 8.95. The molecule has 1 unspecified atom stereocenters. The lowest BCUT2D eigenvalue weighted by Crippen LogP contribution is -2.65. The fourth-order valence-electron chi connectivity index (χ4n) is 5.68. The van der Waals surface area contributed by atoms with Gasteiger partial charge in [0.15, 0.2) is 5.69 Å². The topological polar surface area (TPSA) is 96.3 Å². The first kappa shape index (κ1) is 22.2. The minimum atomic E-state index is -0.976. The van der Waals surface area contributed by atoms with E-state index in [0.717, 1.165) is 57.8 Å². The molecule has 3 amide bonds. The molecule has 4 aliphatic rings. The molecule has 1 aliphatic heterocycles. The molecule has 0 aromatic carbocycles. The van der Waals surface area contributed by atoms with Gasteiger partial charge in [0.2, 0.25) is 5.91 Å². The number of fused-ring (bicyclic) bond motifs is 1. The number of allylic oxidation sites excluding steroid dienone is 1. The van der Waals surface area contributed by atoms with E-state index in [1.165, 1.54) is 24.7 Å². The molecule has 2 saturated carbocycles. The maximum Gasteiger partial charge on any atom is 0.274 e. The first-order valence-electron chi connectivity index (χ1n) is 12.6. The highest BCUT2D eigenvalue weighted by Gasteiger charge is 2.54. The Labute approximate surface area is 195 Å². The van der Waals surface area contributed by atoms with Crippen molar-refractivity contribution >= 4 is 17.7 Å². The molecule has 1 aromatic rings. The van der Waals surface area contributed by atoms with E-state index in [4.69, 9.17) is 0 Å². The third-order valence-corrected chi connectivity index (χ3v) is 7.69. The first-order chi connectivity index (χ1) is 16.0. The van der Waals surface area contributed by atoms with Crippen molar-refractivity contribution in [3.05, 3.63) is 29.4 Å². The summed E-state index contributed by atoms with van der Waals surface area (Å²) >= 11 is 0. The van der Waals surface area contributed by atoms with Gasteiger partial charge in [0.25, 0.3) is 11.8 Å². The van der Waals surface area contributed by atoms with Gasteiger partial charge >= 0.3 is 0 Å². The Morgan fingerprint density at radius 2 is 1.94 bits per heavy atom. The molecule has 0 saturated heterocycles. The van der Waals surface area contributed by atoms with E-state index in [1.807, 2.05) is 6.92 Å². The summed E-state index contributed by atoms with van der Waals surface area (Å²) in [5.41, 5.74) is 0.896. The van der Waals surface area contributed by atoms with Crippen molar-refractivity contribution in [2.75, 3.05) is 6.54 Å². The largest absolute Gasteiger partial charge is 0.351 e. The summed E-state index contributed by atoms with van der Waals surface area (Å²) in [6.45, 7) is 2.71. The van der Waals surface area contributed by atoms with Gasteiger partial charge in [0, 0.05) is 18.6 Å². The summed E-state index contributed by atoms with van der Waals surface area (Å²) in [7, 11) is 0. The smallest absolute Gasteiger partial charge is 0.274 e. The Bertz CT molecular complexity index is 973. The molecule has 178 valence electrons. The summed E-state index contributed by atoms with van der Waals surface area (Å²) in [5.74, 6) is -0.672. The van der Waals surface area contributed by atoms with Crippen LogP contribution in [0.3, 0.4) is 0 Å². The third kappa shape index (κ3) is 4.32. The van der Waals surface area contributed by atoms with Crippen molar-refractivity contribution in [1.82, 2.24) is 25.1 Å². The van der Waals surface area contributed by atoms with E-state index < -0.39 is 5.54 Å². The maximum atomic E-state index is 13.7. The number of carbonyl (C=O) groups excluding carboxylic acids is 3. The molecule has 33 heavy (non-hydrogen) atoms. The van der Waals surface area contributed by atoms with Crippen LogP contribution in [0.5, 0.6) is 0 Å². The molecule has 2 fully saturated rings. The highest BCUT2D eigenvalue weighted by atomic mass is 16.2. The van der Waals surface area contributed by atoms with Gasteiger partial charge in [-0.1, -0.05) is 24.5 Å². The number of hydrogen-bond acceptors (Lipinski definition) is 4. The average molecular weight is 454 g/mol. The zero-order chi connectivity index (χ0) is 23.0. The number of nitrogens with one attached hydrogen (secondary N) is 2. The molecular formula is C25H35N5O3. The Morgan fingerprint density at radius 1 is 1.15 bits per heavy atom. The number of rotatable bonds is 7. The number of nitrogens with zero attached hydrogens (tertiary/aromatic N) is 3. The van der Waals surface area contributed by atoms with Crippen LogP contribution in [-0.4, -0.2) is 56.3 Å². The molecule has 8 heteroatoms. The maximum absolute atomic E-state index is 13.7. The third-order valence-electron chi connectivity index (χ3n) is 7.69. The van der Waals surface area contributed by atoms with Crippen LogP contribution in [0, 0.1) is 0 Å². The molecule has 8 nitrogen and oxygen atoms in total. The lowest BCUT2D eigenvalue weighted by atomic mass is 9.93. The molecule has 1 atom stereocenters. The van der Waals surface area contributed by atoms with Crippen LogP contribution in [0.15, 0.2) is 18.0 Å². The van der Waals surface area contributed by atoms with E-state index in [0.29, 0.717) is 18.8 Å². The molecule has 1 aromatic heterocycles. The molecule has 2 N–H and O–H groups in total. The monoisotopic (exact) mass is 453 g/mol. The Hall–Kier alpha value is -2.64. The Morgan fingerprint density at radius 3 is 2.64 bits per heavy atom. The van der Waals surface area contributed by atoms with E-state index in [9.17, 15) is 14.4 Å². The van der Waals surface area contributed by atoms with Gasteiger partial charge in [0.05, 0.1) is 12.9 Å². The van der Waals surface area contributed by atoms with Crippen LogP contribution in [-0.2, 0) is 11.3 Å². The molecule has 0 bridgehead atoms. The van der Waals surface area contributed by atoms with E-state index >= 15 is 0 Å². The quantitative estimate of drug-likeness (QED) is 0.621. The van der Waals surface area contributed by atoms with Gasteiger partial charge in [-0.05, 0) is 64.7 Å². The van der Waals surface area contributed by atoms with E-state index in [-0.39, 0.29) is 35.5 Å². The van der Waals surface area contributed by atoms with Gasteiger partial charge < -0.3 is 20.1 Å². The van der Waals surface area contributed by atoms with E-state index in [1.54, 1.807) is 9.47 Å². The van der Waals surface area contributed by atoms with Crippen LogP contribution in [0.4, 0.5) is 0 Å². The Kier molecular flexibility index (Phi) is 6.01.